The average Bonchev–Trinajstić information content (AvgIpc) is 3.75. The third kappa shape index (κ3) is 6.34. The number of rotatable bonds is 7. The molecule has 2 aliphatic heterocycles. The van der Waals surface area contributed by atoms with Gasteiger partial charge in [0.15, 0.2) is 5.82 Å². The smallest absolute Gasteiger partial charge is 0.377 e. The summed E-state index contributed by atoms with van der Waals surface area (Å²) < 4.78 is 49.3. The van der Waals surface area contributed by atoms with Crippen molar-refractivity contribution in [2.75, 3.05) is 49.6 Å². The number of hydrogen-bond acceptors (Lipinski definition) is 8. The van der Waals surface area contributed by atoms with Crippen molar-refractivity contribution in [3.63, 3.8) is 0 Å². The van der Waals surface area contributed by atoms with Crippen LogP contribution in [0.2, 0.25) is 5.02 Å². The van der Waals surface area contributed by atoms with E-state index in [1.54, 1.807) is 33.2 Å². The van der Waals surface area contributed by atoms with Gasteiger partial charge in [-0.3, -0.25) is 23.7 Å². The Bertz CT molecular complexity index is 2390. The molecular formula is C34H33ClF3N9O5. The Morgan fingerprint density at radius 3 is 2.56 bits per heavy atom. The van der Waals surface area contributed by atoms with Crippen molar-refractivity contribution < 1.29 is 27.5 Å². The van der Waals surface area contributed by atoms with Gasteiger partial charge in [-0.05, 0) is 55.2 Å². The first-order valence-corrected chi connectivity index (χ1v) is 16.9. The molecule has 6 heterocycles. The summed E-state index contributed by atoms with van der Waals surface area (Å²) in [7, 11) is 0. The first-order valence-electron chi connectivity index (χ1n) is 16.6. The first kappa shape index (κ1) is 35.0. The fourth-order valence-corrected chi connectivity index (χ4v) is 6.86. The summed E-state index contributed by atoms with van der Waals surface area (Å²) in [4.78, 5) is 62.5. The molecule has 2 amide bonds. The summed E-state index contributed by atoms with van der Waals surface area (Å²) in [6.45, 7) is 4.91. The molecule has 0 unspecified atom stereocenters. The van der Waals surface area contributed by atoms with Crippen LogP contribution in [0.25, 0.3) is 16.9 Å². The van der Waals surface area contributed by atoms with E-state index in [0.717, 1.165) is 33.9 Å². The minimum absolute atomic E-state index is 0.0116. The summed E-state index contributed by atoms with van der Waals surface area (Å²) in [5.41, 5.74) is 0.822. The Labute approximate surface area is 298 Å². The van der Waals surface area contributed by atoms with Crippen molar-refractivity contribution in [3.8, 4) is 0 Å². The predicted octanol–water partition coefficient (Wildman–Crippen LogP) is 3.78. The second-order valence-electron chi connectivity index (χ2n) is 12.5. The number of aromatic amines is 1. The maximum Gasteiger partial charge on any atom is 0.416 e. The monoisotopic (exact) mass is 739 g/mol. The lowest BCUT2D eigenvalue weighted by Crippen LogP contribution is -2.51. The highest BCUT2D eigenvalue weighted by Gasteiger charge is 2.32. The number of halogens is 4. The van der Waals surface area contributed by atoms with Crippen LogP contribution in [0.5, 0.6) is 0 Å². The molecule has 4 aromatic heterocycles. The SMILES string of the molecule is CCc1c(N2CCN(C(=O)c3c[nH]n4ccc(C)c4c3=O)CC2)c(=O)n2nc(C3=CCOCC3)nc2n1CC(=O)Nc1ccc(C(F)(F)F)cc1Cl. The molecule has 1 saturated heterocycles. The summed E-state index contributed by atoms with van der Waals surface area (Å²) in [5.74, 6) is -0.656. The number of aromatic nitrogens is 6. The number of anilines is 2. The summed E-state index contributed by atoms with van der Waals surface area (Å²) in [6.07, 6.45) is 1.12. The Hall–Kier alpha value is -5.42. The summed E-state index contributed by atoms with van der Waals surface area (Å²) >= 11 is 6.12. The van der Waals surface area contributed by atoms with Crippen LogP contribution in [0, 0.1) is 6.92 Å². The molecule has 0 radical (unpaired) electrons. The van der Waals surface area contributed by atoms with E-state index in [0.29, 0.717) is 43.1 Å². The van der Waals surface area contributed by atoms with Crippen LogP contribution in [0.15, 0.2) is 52.3 Å². The van der Waals surface area contributed by atoms with Crippen LogP contribution < -0.4 is 21.2 Å². The number of amides is 2. The van der Waals surface area contributed by atoms with Crippen molar-refractivity contribution in [2.45, 2.75) is 39.4 Å². The molecule has 5 aromatic rings. The zero-order valence-corrected chi connectivity index (χ0v) is 28.8. The standard InChI is InChI=1S/C34H33ClF3N9O5/c1-3-25-28(43-10-12-44(13-11-43)31(50)22-17-39-46-9-6-19(2)27(46)29(22)49)32(51)47-33(41-30(42-47)20-7-14-52-15-8-20)45(25)18-26(48)40-24-5-4-21(16-23(24)35)34(36,37)38/h4-7,9,16-17,39H,3,8,10-15,18H2,1-2H3,(H,40,48). The minimum atomic E-state index is -4.61. The maximum absolute atomic E-state index is 14.2. The Balaban J connectivity index is 1.21. The lowest BCUT2D eigenvalue weighted by atomic mass is 10.1. The van der Waals surface area contributed by atoms with Crippen LogP contribution >= 0.6 is 11.6 Å². The largest absolute Gasteiger partial charge is 0.416 e. The zero-order chi connectivity index (χ0) is 36.9. The number of piperazine rings is 1. The lowest BCUT2D eigenvalue weighted by molar-refractivity contribution is -0.137. The third-order valence-corrected chi connectivity index (χ3v) is 9.61. The van der Waals surface area contributed by atoms with Crippen molar-refractivity contribution >= 4 is 51.7 Å². The van der Waals surface area contributed by atoms with Gasteiger partial charge in [0.2, 0.25) is 17.1 Å². The first-order chi connectivity index (χ1) is 24.8. The van der Waals surface area contributed by atoms with Crippen LogP contribution in [0.4, 0.5) is 24.5 Å². The number of carbonyl (C=O) groups is 2. The van der Waals surface area contributed by atoms with Crippen molar-refractivity contribution in [1.29, 1.82) is 0 Å². The number of alkyl halides is 3. The number of fused-ring (bicyclic) bond motifs is 2. The van der Waals surface area contributed by atoms with Gasteiger partial charge in [-0.2, -0.15) is 22.7 Å². The summed E-state index contributed by atoms with van der Waals surface area (Å²) in [5, 5.41) is 9.78. The fourth-order valence-electron chi connectivity index (χ4n) is 6.64. The predicted molar refractivity (Wildman–Crippen MR) is 186 cm³/mol. The van der Waals surface area contributed by atoms with Gasteiger partial charge < -0.3 is 29.5 Å². The zero-order valence-electron chi connectivity index (χ0n) is 28.1. The number of hydrogen-bond donors (Lipinski definition) is 2. The van der Waals surface area contributed by atoms with Crippen molar-refractivity contribution in [3.05, 3.63) is 96.5 Å². The van der Waals surface area contributed by atoms with Gasteiger partial charge in [0, 0.05) is 38.6 Å². The molecule has 272 valence electrons. The van der Waals surface area contributed by atoms with E-state index >= 15 is 0 Å². The number of benzene rings is 1. The second kappa shape index (κ2) is 13.6. The molecule has 0 aliphatic carbocycles. The second-order valence-corrected chi connectivity index (χ2v) is 12.9. The fraction of sp³-hybridized carbons (Fsp3) is 0.353. The highest BCUT2D eigenvalue weighted by atomic mass is 35.5. The number of nitrogens with one attached hydrogen (secondary N) is 2. The molecule has 2 aliphatic rings. The van der Waals surface area contributed by atoms with Gasteiger partial charge in [0.1, 0.15) is 23.3 Å². The van der Waals surface area contributed by atoms with Crippen LogP contribution in [0.1, 0.15) is 46.3 Å². The van der Waals surface area contributed by atoms with E-state index < -0.39 is 29.1 Å². The minimum Gasteiger partial charge on any atom is -0.377 e. The summed E-state index contributed by atoms with van der Waals surface area (Å²) in [6, 6.07) is 4.41. The van der Waals surface area contributed by atoms with E-state index in [2.05, 4.69) is 20.5 Å². The molecule has 14 nitrogen and oxygen atoms in total. The van der Waals surface area contributed by atoms with Gasteiger partial charge in [-0.15, -0.1) is 5.10 Å². The molecule has 7 rings (SSSR count). The lowest BCUT2D eigenvalue weighted by Gasteiger charge is -2.36. The Morgan fingerprint density at radius 2 is 1.88 bits per heavy atom. The van der Waals surface area contributed by atoms with Crippen LogP contribution in [-0.4, -0.2) is 84.9 Å². The van der Waals surface area contributed by atoms with Crippen molar-refractivity contribution in [2.24, 2.45) is 0 Å². The highest BCUT2D eigenvalue weighted by Crippen LogP contribution is 2.34. The van der Waals surface area contributed by atoms with E-state index in [-0.39, 0.29) is 65.9 Å². The van der Waals surface area contributed by atoms with E-state index in [4.69, 9.17) is 16.3 Å². The Morgan fingerprint density at radius 1 is 1.12 bits per heavy atom. The van der Waals surface area contributed by atoms with Crippen LogP contribution in [-0.2, 0) is 28.7 Å². The quantitative estimate of drug-likeness (QED) is 0.256. The van der Waals surface area contributed by atoms with Gasteiger partial charge >= 0.3 is 6.18 Å². The molecule has 0 spiro atoms. The van der Waals surface area contributed by atoms with E-state index in [9.17, 15) is 32.3 Å². The van der Waals surface area contributed by atoms with Gasteiger partial charge in [-0.1, -0.05) is 24.6 Å². The normalized spacial score (nSPS) is 15.4. The number of carbonyl (C=O) groups excluding carboxylic acids is 2. The molecule has 0 saturated carbocycles. The van der Waals surface area contributed by atoms with E-state index in [1.807, 2.05) is 17.9 Å². The van der Waals surface area contributed by atoms with Gasteiger partial charge in [0.05, 0.1) is 35.2 Å². The number of nitrogens with zero attached hydrogens (tertiary/aromatic N) is 7. The molecule has 18 heteroatoms. The molecule has 1 aromatic carbocycles. The molecule has 52 heavy (non-hydrogen) atoms. The molecule has 0 atom stereocenters. The van der Waals surface area contributed by atoms with Gasteiger partial charge in [0.25, 0.3) is 11.5 Å². The third-order valence-electron chi connectivity index (χ3n) is 9.29. The molecule has 0 bridgehead atoms. The average molecular weight is 740 g/mol. The molecule has 1 fully saturated rings. The Kier molecular flexibility index (Phi) is 9.16. The van der Waals surface area contributed by atoms with E-state index in [1.165, 1.54) is 6.20 Å². The van der Waals surface area contributed by atoms with Gasteiger partial charge in [-0.25, -0.2) is 0 Å². The highest BCUT2D eigenvalue weighted by molar-refractivity contribution is 6.33. The topological polar surface area (TPSA) is 151 Å². The van der Waals surface area contributed by atoms with Crippen molar-refractivity contribution in [1.82, 2.24) is 33.7 Å². The van der Waals surface area contributed by atoms with Crippen LogP contribution in [0.3, 0.4) is 0 Å². The number of ether oxygens (including phenoxy) is 1. The molecular weight excluding hydrogens is 707 g/mol. The number of H-pyrrole nitrogens is 1. The maximum atomic E-state index is 14.2. The number of aryl methyl sites for hydroxylation is 1. The molecule has 2 N–H and O–H groups in total.